The zero-order valence-corrected chi connectivity index (χ0v) is 9.28. The molecule has 0 saturated heterocycles. The first-order valence-electron chi connectivity index (χ1n) is 4.82. The molecular formula is C10H20NO3-. The summed E-state index contributed by atoms with van der Waals surface area (Å²) in [6.07, 6.45) is -0.309. The number of carbonyl (C=O) groups is 1. The molecule has 0 aromatic rings. The van der Waals surface area contributed by atoms with Gasteiger partial charge in [-0.15, -0.1) is 0 Å². The Morgan fingerprint density at radius 1 is 1.21 bits per heavy atom. The Hall–Kier alpha value is -1.03. The Balaban J connectivity index is 0. The molecule has 0 unspecified atom stereocenters. The van der Waals surface area contributed by atoms with Crippen molar-refractivity contribution < 1.29 is 19.5 Å². The molecule has 84 valence electrons. The van der Waals surface area contributed by atoms with Crippen LogP contribution in [0.4, 0.5) is 4.79 Å². The Morgan fingerprint density at radius 3 is 1.57 bits per heavy atom. The van der Waals surface area contributed by atoms with Crippen LogP contribution in [-0.4, -0.2) is 36.8 Å². The summed E-state index contributed by atoms with van der Waals surface area (Å²) in [7, 11) is 0. The molecule has 0 aliphatic carbocycles. The third-order valence-corrected chi connectivity index (χ3v) is 2.53. The number of hydrogen-bond acceptors (Lipinski definition) is 3. The molecule has 0 radical (unpaired) electrons. The largest absolute Gasteiger partial charge is 0.652 e. The highest BCUT2D eigenvalue weighted by atomic mass is 16.6. The molecule has 0 rings (SSSR count). The lowest BCUT2D eigenvalue weighted by atomic mass is 10.3. The van der Waals surface area contributed by atoms with Crippen LogP contribution in [0.2, 0.25) is 0 Å². The van der Waals surface area contributed by atoms with E-state index >= 15 is 0 Å². The highest BCUT2D eigenvalue weighted by Crippen LogP contribution is 2.04. The third-order valence-electron chi connectivity index (χ3n) is 2.53. The van der Waals surface area contributed by atoms with E-state index in [4.69, 9.17) is 15.0 Å². The van der Waals surface area contributed by atoms with E-state index in [1.165, 1.54) is 24.1 Å². The quantitative estimate of drug-likeness (QED) is 0.450. The minimum Gasteiger partial charge on any atom is -0.652 e. The Labute approximate surface area is 86.1 Å². The average Bonchev–Trinajstić information content (AvgIpc) is 2.14. The first-order valence-corrected chi connectivity index (χ1v) is 4.82. The molecule has 0 fully saturated rings. The van der Waals surface area contributed by atoms with E-state index in [2.05, 4.69) is 27.4 Å². The Bertz CT molecular complexity index is 152. The number of rotatable bonds is 5. The Morgan fingerprint density at radius 2 is 1.50 bits per heavy atom. The summed E-state index contributed by atoms with van der Waals surface area (Å²) in [6, 6.07) is 0. The van der Waals surface area contributed by atoms with Gasteiger partial charge < -0.3 is 19.5 Å². The molecule has 0 aromatic carbocycles. The van der Waals surface area contributed by atoms with Crippen molar-refractivity contribution in [2.45, 2.75) is 20.8 Å². The predicted molar refractivity (Wildman–Crippen MR) is 52.3 cm³/mol. The van der Waals surface area contributed by atoms with Crippen LogP contribution in [0.15, 0.2) is 12.7 Å². The molecule has 0 bridgehead atoms. The van der Waals surface area contributed by atoms with Gasteiger partial charge in [0.1, 0.15) is 0 Å². The van der Waals surface area contributed by atoms with Crippen LogP contribution in [0.3, 0.4) is 0 Å². The smallest absolute Gasteiger partial charge is 0.0970 e. The van der Waals surface area contributed by atoms with Gasteiger partial charge in [0.05, 0.1) is 26.2 Å². The van der Waals surface area contributed by atoms with E-state index in [9.17, 15) is 0 Å². The lowest BCUT2D eigenvalue weighted by molar-refractivity contribution is -0.917. The Kier molecular flexibility index (Phi) is 9.45. The van der Waals surface area contributed by atoms with Crippen molar-refractivity contribution in [1.82, 2.24) is 0 Å². The maximum Gasteiger partial charge on any atom is 0.0970 e. The molecule has 14 heavy (non-hydrogen) atoms. The van der Waals surface area contributed by atoms with Crippen molar-refractivity contribution in [3.63, 3.8) is 0 Å². The van der Waals surface area contributed by atoms with E-state index in [0.29, 0.717) is 0 Å². The molecule has 0 aromatic heterocycles. The van der Waals surface area contributed by atoms with Crippen molar-refractivity contribution in [3.8, 4) is 0 Å². The van der Waals surface area contributed by atoms with Crippen molar-refractivity contribution in [1.29, 1.82) is 0 Å². The van der Waals surface area contributed by atoms with Gasteiger partial charge in [-0.3, -0.25) is 0 Å². The van der Waals surface area contributed by atoms with Gasteiger partial charge in [0.2, 0.25) is 0 Å². The summed E-state index contributed by atoms with van der Waals surface area (Å²) >= 11 is 0. The lowest BCUT2D eigenvalue weighted by Crippen LogP contribution is -2.47. The van der Waals surface area contributed by atoms with Crippen molar-refractivity contribution in [2.24, 2.45) is 0 Å². The second-order valence-electron chi connectivity index (χ2n) is 3.01. The van der Waals surface area contributed by atoms with Crippen molar-refractivity contribution in [2.75, 3.05) is 26.2 Å². The summed E-state index contributed by atoms with van der Waals surface area (Å²) in [5, 5.41) is 16.7. The summed E-state index contributed by atoms with van der Waals surface area (Å²) < 4.78 is 1.18. The third kappa shape index (κ3) is 7.61. The first-order chi connectivity index (χ1) is 6.47. The number of carboxylic acid groups (broad SMARTS) is 2. The normalized spacial score (nSPS) is 9.93. The minimum absolute atomic E-state index is 1.11. The highest BCUT2D eigenvalue weighted by Gasteiger charge is 2.17. The van der Waals surface area contributed by atoms with E-state index in [0.717, 1.165) is 6.54 Å². The maximum absolute atomic E-state index is 8.33. The first kappa shape index (κ1) is 15.4. The van der Waals surface area contributed by atoms with Crippen molar-refractivity contribution >= 4 is 6.16 Å². The average molecular weight is 202 g/mol. The van der Waals surface area contributed by atoms with E-state index in [1.807, 2.05) is 6.08 Å². The molecule has 0 aliphatic rings. The van der Waals surface area contributed by atoms with Gasteiger partial charge in [-0.25, -0.2) is 0 Å². The molecule has 4 nitrogen and oxygen atoms in total. The zero-order chi connectivity index (χ0) is 11.6. The van der Waals surface area contributed by atoms with Gasteiger partial charge in [0.15, 0.2) is 0 Å². The van der Waals surface area contributed by atoms with Crippen LogP contribution in [-0.2, 0) is 0 Å². The minimum atomic E-state index is -2.33. The number of quaternary nitrogens is 1. The SMILES string of the molecule is C=CC[N+](CC)(CC)CC.O=C([O-])[O-]. The molecule has 0 spiro atoms. The molecule has 0 aliphatic heterocycles. The van der Waals surface area contributed by atoms with Gasteiger partial charge in [-0.1, -0.05) is 6.58 Å². The number of carbonyl (C=O) groups excluding carboxylic acids is 1. The zero-order valence-electron chi connectivity index (χ0n) is 9.28. The van der Waals surface area contributed by atoms with E-state index < -0.39 is 6.16 Å². The number of nitrogens with zero attached hydrogens (tertiary/aromatic N) is 1. The van der Waals surface area contributed by atoms with Crippen LogP contribution in [0.1, 0.15) is 20.8 Å². The van der Waals surface area contributed by atoms with Gasteiger partial charge in [-0.2, -0.15) is 0 Å². The second kappa shape index (κ2) is 8.56. The molecule has 0 amide bonds. The lowest BCUT2D eigenvalue weighted by Gasteiger charge is -2.34. The summed E-state index contributed by atoms with van der Waals surface area (Å²) in [6.45, 7) is 15.3. The highest BCUT2D eigenvalue weighted by molar-refractivity contribution is 5.47. The number of likely N-dealkylation sites (N-methyl/N-ethyl adjacent to an activating group) is 1. The van der Waals surface area contributed by atoms with Gasteiger partial charge in [0.25, 0.3) is 0 Å². The van der Waals surface area contributed by atoms with Crippen LogP contribution in [0.25, 0.3) is 0 Å². The van der Waals surface area contributed by atoms with Crippen LogP contribution < -0.4 is 10.2 Å². The number of hydrogen-bond donors (Lipinski definition) is 0. The monoisotopic (exact) mass is 202 g/mol. The topological polar surface area (TPSA) is 63.2 Å². The molecule has 0 N–H and O–H groups in total. The fourth-order valence-corrected chi connectivity index (χ4v) is 1.33. The van der Waals surface area contributed by atoms with Gasteiger partial charge in [-0.05, 0) is 33.0 Å². The second-order valence-corrected chi connectivity index (χ2v) is 3.01. The van der Waals surface area contributed by atoms with E-state index in [-0.39, 0.29) is 0 Å². The van der Waals surface area contributed by atoms with Crippen LogP contribution in [0, 0.1) is 0 Å². The standard InChI is InChI=1S/C9H20N.CH2O3/c1-5-9-10(6-2,7-3)8-4;2-1(3)4/h5H,1,6-9H2,2-4H3;(H2,2,3,4)/q+1;/p-2. The molecule has 0 saturated carbocycles. The van der Waals surface area contributed by atoms with Crippen LogP contribution in [0.5, 0.6) is 0 Å². The fourth-order valence-electron chi connectivity index (χ4n) is 1.33. The van der Waals surface area contributed by atoms with Crippen LogP contribution >= 0.6 is 0 Å². The van der Waals surface area contributed by atoms with E-state index in [1.54, 1.807) is 0 Å². The van der Waals surface area contributed by atoms with Crippen molar-refractivity contribution in [3.05, 3.63) is 12.7 Å². The predicted octanol–water partition coefficient (Wildman–Crippen LogP) is -0.398. The molecule has 0 heterocycles. The fraction of sp³-hybridized carbons (Fsp3) is 0.700. The maximum atomic E-state index is 8.33. The summed E-state index contributed by atoms with van der Waals surface area (Å²) in [5.74, 6) is 0. The summed E-state index contributed by atoms with van der Waals surface area (Å²) in [4.78, 5) is 8.33. The molecular weight excluding hydrogens is 182 g/mol. The summed E-state index contributed by atoms with van der Waals surface area (Å²) in [5.41, 5.74) is 0. The molecule has 0 atom stereocenters. The molecule has 4 heteroatoms. The van der Waals surface area contributed by atoms with Gasteiger partial charge >= 0.3 is 0 Å². The van der Waals surface area contributed by atoms with Gasteiger partial charge in [0, 0.05) is 0 Å².